The molecule has 21 heavy (non-hydrogen) atoms. The molecular formula is C16H14N3O2-. The van der Waals surface area contributed by atoms with Crippen molar-refractivity contribution in [3.63, 3.8) is 0 Å². The molecule has 0 amide bonds. The van der Waals surface area contributed by atoms with Crippen molar-refractivity contribution < 1.29 is 9.90 Å². The van der Waals surface area contributed by atoms with Gasteiger partial charge in [0.05, 0.1) is 22.7 Å². The first-order valence-electron chi connectivity index (χ1n) is 6.62. The van der Waals surface area contributed by atoms with E-state index in [2.05, 4.69) is 10.1 Å². The van der Waals surface area contributed by atoms with Crippen molar-refractivity contribution in [2.75, 3.05) is 0 Å². The lowest BCUT2D eigenvalue weighted by Crippen LogP contribution is -2.23. The molecule has 0 bridgehead atoms. The summed E-state index contributed by atoms with van der Waals surface area (Å²) in [5.74, 6) is -1.21. The van der Waals surface area contributed by atoms with Crippen molar-refractivity contribution in [2.45, 2.75) is 20.8 Å². The van der Waals surface area contributed by atoms with Gasteiger partial charge >= 0.3 is 0 Å². The van der Waals surface area contributed by atoms with E-state index in [0.717, 1.165) is 11.3 Å². The van der Waals surface area contributed by atoms with E-state index in [1.165, 1.54) is 6.07 Å². The Balaban J connectivity index is 2.35. The van der Waals surface area contributed by atoms with Crippen LogP contribution in [-0.2, 0) is 0 Å². The maximum Gasteiger partial charge on any atom is 0.164 e. The Kier molecular flexibility index (Phi) is 2.97. The quantitative estimate of drug-likeness (QED) is 0.716. The number of carbonyl (C=O) groups is 1. The summed E-state index contributed by atoms with van der Waals surface area (Å²) >= 11 is 0. The van der Waals surface area contributed by atoms with E-state index in [1.807, 2.05) is 31.2 Å². The summed E-state index contributed by atoms with van der Waals surface area (Å²) < 4.78 is 1.67. The molecule has 0 aliphatic rings. The summed E-state index contributed by atoms with van der Waals surface area (Å²) in [4.78, 5) is 15.8. The van der Waals surface area contributed by atoms with Crippen LogP contribution in [-0.4, -0.2) is 20.7 Å². The molecule has 0 unspecified atom stereocenters. The summed E-state index contributed by atoms with van der Waals surface area (Å²) in [5, 5.41) is 16.3. The number of nitrogens with zero attached hydrogens (tertiary/aromatic N) is 3. The van der Waals surface area contributed by atoms with E-state index in [9.17, 15) is 9.90 Å². The summed E-state index contributed by atoms with van der Waals surface area (Å²) in [5.41, 5.74) is 3.91. The Morgan fingerprint density at radius 3 is 2.43 bits per heavy atom. The average Bonchev–Trinajstić information content (AvgIpc) is 2.76. The third kappa shape index (κ3) is 2.16. The molecule has 0 fully saturated rings. The highest BCUT2D eigenvalue weighted by atomic mass is 16.4. The first-order valence-corrected chi connectivity index (χ1v) is 6.62. The Bertz CT molecular complexity index is 848. The molecule has 3 aromatic rings. The molecule has 5 heteroatoms. The van der Waals surface area contributed by atoms with Gasteiger partial charge in [0, 0.05) is 11.3 Å². The fourth-order valence-corrected chi connectivity index (χ4v) is 2.44. The van der Waals surface area contributed by atoms with Crippen LogP contribution in [0.15, 0.2) is 30.3 Å². The first-order chi connectivity index (χ1) is 9.97. The van der Waals surface area contributed by atoms with Crippen molar-refractivity contribution in [1.82, 2.24) is 14.8 Å². The summed E-state index contributed by atoms with van der Waals surface area (Å²) in [7, 11) is 0. The van der Waals surface area contributed by atoms with Crippen molar-refractivity contribution in [3.8, 4) is 5.69 Å². The topological polar surface area (TPSA) is 70.8 Å². The summed E-state index contributed by atoms with van der Waals surface area (Å²) in [6.45, 7) is 5.54. The van der Waals surface area contributed by atoms with Crippen LogP contribution in [0, 0.1) is 20.8 Å². The Morgan fingerprint density at radius 2 is 1.81 bits per heavy atom. The van der Waals surface area contributed by atoms with Gasteiger partial charge < -0.3 is 9.90 Å². The van der Waals surface area contributed by atoms with E-state index >= 15 is 0 Å². The number of hydrogen-bond donors (Lipinski definition) is 0. The third-order valence-electron chi connectivity index (χ3n) is 3.44. The maximum atomic E-state index is 11.3. The number of carboxylic acid groups (broad SMARTS) is 1. The smallest absolute Gasteiger partial charge is 0.164 e. The Labute approximate surface area is 121 Å². The van der Waals surface area contributed by atoms with Crippen LogP contribution in [0.5, 0.6) is 0 Å². The largest absolute Gasteiger partial charge is 0.545 e. The normalized spacial score (nSPS) is 11.0. The number of carboxylic acids is 1. The van der Waals surface area contributed by atoms with Gasteiger partial charge in [0.1, 0.15) is 0 Å². The van der Waals surface area contributed by atoms with Gasteiger partial charge in [0.25, 0.3) is 0 Å². The van der Waals surface area contributed by atoms with Crippen LogP contribution < -0.4 is 5.11 Å². The van der Waals surface area contributed by atoms with E-state index in [1.54, 1.807) is 18.5 Å². The van der Waals surface area contributed by atoms with E-state index in [-0.39, 0.29) is 5.56 Å². The molecule has 1 aromatic carbocycles. The number of aromatic nitrogens is 3. The lowest BCUT2D eigenvalue weighted by atomic mass is 10.1. The summed E-state index contributed by atoms with van der Waals surface area (Å²) in [6.07, 6.45) is 0. The van der Waals surface area contributed by atoms with Crippen LogP contribution in [0.1, 0.15) is 27.3 Å². The number of carbonyl (C=O) groups excluding carboxylic acids is 1. The second-order valence-electron chi connectivity index (χ2n) is 5.13. The van der Waals surface area contributed by atoms with Crippen LogP contribution >= 0.6 is 0 Å². The predicted molar refractivity (Wildman–Crippen MR) is 77.4 cm³/mol. The van der Waals surface area contributed by atoms with Gasteiger partial charge in [-0.1, -0.05) is 17.7 Å². The van der Waals surface area contributed by atoms with Crippen LogP contribution in [0.3, 0.4) is 0 Å². The van der Waals surface area contributed by atoms with Crippen LogP contribution in [0.25, 0.3) is 16.7 Å². The predicted octanol–water partition coefficient (Wildman–Crippen LogP) is 1.71. The molecule has 3 rings (SSSR count). The number of aromatic carboxylic acids is 1. The Hall–Kier alpha value is -2.69. The maximum absolute atomic E-state index is 11.3. The number of fused-ring (bicyclic) bond motifs is 1. The van der Waals surface area contributed by atoms with E-state index in [4.69, 9.17) is 0 Å². The van der Waals surface area contributed by atoms with Gasteiger partial charge in [-0.05, 0) is 39.0 Å². The minimum Gasteiger partial charge on any atom is -0.545 e. The minimum atomic E-state index is -1.21. The highest BCUT2D eigenvalue weighted by Gasteiger charge is 2.15. The van der Waals surface area contributed by atoms with Gasteiger partial charge in [-0.3, -0.25) is 0 Å². The Morgan fingerprint density at radius 1 is 1.14 bits per heavy atom. The molecule has 2 aromatic heterocycles. The number of hydrogen-bond acceptors (Lipinski definition) is 4. The molecule has 0 aliphatic carbocycles. The van der Waals surface area contributed by atoms with Crippen molar-refractivity contribution in [1.29, 1.82) is 0 Å². The zero-order valence-corrected chi connectivity index (χ0v) is 12.0. The third-order valence-corrected chi connectivity index (χ3v) is 3.44. The standard InChI is InChI=1S/C16H15N3O2/c1-9-4-6-12(7-5-9)19-15-14(11(3)18-19)13(16(20)21)8-10(2)17-15/h4-8H,1-3H3,(H,20,21)/p-1. The first kappa shape index (κ1) is 13.3. The minimum absolute atomic E-state index is 0.133. The molecule has 5 nitrogen and oxygen atoms in total. The second-order valence-corrected chi connectivity index (χ2v) is 5.13. The SMILES string of the molecule is Cc1ccc(-n2nc(C)c3c(C(=O)[O-])cc(C)nc32)cc1. The molecular weight excluding hydrogens is 266 g/mol. The number of benzene rings is 1. The zero-order chi connectivity index (χ0) is 15.1. The molecule has 0 radical (unpaired) electrons. The second kappa shape index (κ2) is 4.70. The number of aryl methyl sites for hydroxylation is 3. The fourth-order valence-electron chi connectivity index (χ4n) is 2.44. The summed E-state index contributed by atoms with van der Waals surface area (Å²) in [6, 6.07) is 9.35. The molecule has 0 N–H and O–H groups in total. The van der Waals surface area contributed by atoms with E-state index < -0.39 is 5.97 Å². The van der Waals surface area contributed by atoms with Gasteiger partial charge in [-0.25, -0.2) is 9.67 Å². The molecule has 0 aliphatic heterocycles. The van der Waals surface area contributed by atoms with Crippen molar-refractivity contribution in [3.05, 3.63) is 52.8 Å². The van der Waals surface area contributed by atoms with Crippen LogP contribution in [0.4, 0.5) is 0 Å². The molecule has 0 spiro atoms. The average molecular weight is 280 g/mol. The van der Waals surface area contributed by atoms with Crippen molar-refractivity contribution >= 4 is 17.0 Å². The fraction of sp³-hybridized carbons (Fsp3) is 0.188. The number of pyridine rings is 1. The van der Waals surface area contributed by atoms with Gasteiger partial charge in [-0.15, -0.1) is 0 Å². The lowest BCUT2D eigenvalue weighted by Gasteiger charge is -2.07. The number of rotatable bonds is 2. The molecule has 0 atom stereocenters. The lowest BCUT2D eigenvalue weighted by molar-refractivity contribution is -0.254. The molecule has 0 saturated heterocycles. The highest BCUT2D eigenvalue weighted by Crippen LogP contribution is 2.24. The van der Waals surface area contributed by atoms with Gasteiger partial charge in [0.15, 0.2) is 5.65 Å². The monoisotopic (exact) mass is 280 g/mol. The molecule has 106 valence electrons. The van der Waals surface area contributed by atoms with Gasteiger partial charge in [-0.2, -0.15) is 5.10 Å². The van der Waals surface area contributed by atoms with E-state index in [0.29, 0.717) is 22.4 Å². The zero-order valence-electron chi connectivity index (χ0n) is 12.0. The van der Waals surface area contributed by atoms with Crippen molar-refractivity contribution in [2.24, 2.45) is 0 Å². The van der Waals surface area contributed by atoms with Gasteiger partial charge in [0.2, 0.25) is 0 Å². The molecule has 2 heterocycles. The highest BCUT2D eigenvalue weighted by molar-refractivity contribution is 6.02. The molecule has 0 saturated carbocycles. The van der Waals surface area contributed by atoms with Crippen LogP contribution in [0.2, 0.25) is 0 Å².